The van der Waals surface area contributed by atoms with Gasteiger partial charge in [-0.05, 0) is 49.2 Å². The van der Waals surface area contributed by atoms with Gasteiger partial charge in [-0.15, -0.1) is 0 Å². The largest absolute Gasteiger partial charge is 0.455 e. The SMILES string of the molecule is CC1(C)O[C@H]2[C@H](O1)[C@H](OC(=O)c1ccccc1)CC#C[C@H](OCc1ccccc1)[C@@H](OCc1ccccc1)C#CC[C@H]2OC(=O)c1ccccc1. The summed E-state index contributed by atoms with van der Waals surface area (Å²) < 4.78 is 37.8. The number of benzene rings is 4. The molecule has 51 heavy (non-hydrogen) atoms. The first-order valence-corrected chi connectivity index (χ1v) is 17.0. The Labute approximate surface area is 299 Å². The van der Waals surface area contributed by atoms with Gasteiger partial charge in [-0.1, -0.05) is 121 Å². The Balaban J connectivity index is 1.37. The average molecular weight is 685 g/mol. The maximum atomic E-state index is 13.5. The van der Waals surface area contributed by atoms with Crippen LogP contribution in [0.4, 0.5) is 0 Å². The highest BCUT2D eigenvalue weighted by Crippen LogP contribution is 2.36. The summed E-state index contributed by atoms with van der Waals surface area (Å²) in [4.78, 5) is 26.9. The van der Waals surface area contributed by atoms with E-state index in [2.05, 4.69) is 23.7 Å². The maximum absolute atomic E-state index is 13.5. The van der Waals surface area contributed by atoms with Gasteiger partial charge >= 0.3 is 11.9 Å². The average Bonchev–Trinajstić information content (AvgIpc) is 3.49. The van der Waals surface area contributed by atoms with Crippen molar-refractivity contribution in [2.75, 3.05) is 0 Å². The number of fused-ring (bicyclic) bond motifs is 1. The van der Waals surface area contributed by atoms with Crippen molar-refractivity contribution in [2.24, 2.45) is 0 Å². The van der Waals surface area contributed by atoms with Gasteiger partial charge in [0.25, 0.3) is 0 Å². The zero-order valence-corrected chi connectivity index (χ0v) is 28.6. The van der Waals surface area contributed by atoms with Crippen LogP contribution in [-0.4, -0.2) is 54.3 Å². The van der Waals surface area contributed by atoms with Crippen LogP contribution in [0.15, 0.2) is 121 Å². The molecule has 4 aromatic carbocycles. The molecular weight excluding hydrogens is 644 g/mol. The fourth-order valence-electron chi connectivity index (χ4n) is 5.85. The molecule has 1 aliphatic carbocycles. The second kappa shape index (κ2) is 17.1. The Hall–Kier alpha value is -5.22. The first-order valence-electron chi connectivity index (χ1n) is 17.0. The van der Waals surface area contributed by atoms with Crippen LogP contribution in [0.1, 0.15) is 58.5 Å². The molecule has 0 amide bonds. The van der Waals surface area contributed by atoms with Crippen molar-refractivity contribution >= 4 is 11.9 Å². The summed E-state index contributed by atoms with van der Waals surface area (Å²) in [6.45, 7) is 4.07. The molecule has 2 aliphatic rings. The summed E-state index contributed by atoms with van der Waals surface area (Å²) in [6.07, 6.45) is -4.89. The highest BCUT2D eigenvalue weighted by Gasteiger charge is 2.51. The standard InChI is InChI=1S/C43H40O8/c1-43(2)50-39-37(48-41(44)33-21-11-5-12-22-33)27-15-25-35(46-29-31-17-7-3-8-18-31)36(47-30-32-19-9-4-10-20-32)26-16-28-38(40(39)51-43)49-42(45)34-23-13-6-14-24-34/h3-14,17-24,35-40H,27-30H2,1-2H3/t35-,36-,37+,38+,39+,40+/m0/s1. The summed E-state index contributed by atoms with van der Waals surface area (Å²) >= 11 is 0. The molecule has 1 fully saturated rings. The highest BCUT2D eigenvalue weighted by atomic mass is 16.8. The molecule has 4 aromatic rings. The molecule has 0 unspecified atom stereocenters. The Morgan fingerprint density at radius 2 is 0.941 bits per heavy atom. The number of esters is 2. The summed E-state index contributed by atoms with van der Waals surface area (Å²) in [7, 11) is 0. The molecule has 0 saturated carbocycles. The molecule has 0 radical (unpaired) electrons. The Bertz CT molecular complexity index is 1720. The van der Waals surface area contributed by atoms with E-state index in [4.69, 9.17) is 28.4 Å². The smallest absolute Gasteiger partial charge is 0.338 e. The van der Waals surface area contributed by atoms with Crippen LogP contribution in [0.5, 0.6) is 0 Å². The predicted molar refractivity (Wildman–Crippen MR) is 190 cm³/mol. The van der Waals surface area contributed by atoms with Crippen molar-refractivity contribution in [3.8, 4) is 23.7 Å². The monoisotopic (exact) mass is 684 g/mol. The van der Waals surface area contributed by atoms with Gasteiger partial charge in [0.2, 0.25) is 0 Å². The first kappa shape index (κ1) is 35.6. The van der Waals surface area contributed by atoms with E-state index in [9.17, 15) is 9.59 Å². The molecule has 6 rings (SSSR count). The van der Waals surface area contributed by atoms with Crippen molar-refractivity contribution in [3.63, 3.8) is 0 Å². The van der Waals surface area contributed by atoms with Crippen molar-refractivity contribution in [2.45, 2.75) is 82.3 Å². The Morgan fingerprint density at radius 1 is 0.588 bits per heavy atom. The minimum atomic E-state index is -1.09. The maximum Gasteiger partial charge on any atom is 0.338 e. The molecule has 0 spiro atoms. The fraction of sp³-hybridized carbons (Fsp3) is 0.302. The topological polar surface area (TPSA) is 89.5 Å². The molecule has 8 heteroatoms. The van der Waals surface area contributed by atoms with E-state index in [0.29, 0.717) is 11.1 Å². The lowest BCUT2D eigenvalue weighted by molar-refractivity contribution is -0.160. The second-order valence-electron chi connectivity index (χ2n) is 12.7. The van der Waals surface area contributed by atoms with Crippen molar-refractivity contribution in [1.82, 2.24) is 0 Å². The van der Waals surface area contributed by atoms with Crippen LogP contribution in [0.2, 0.25) is 0 Å². The van der Waals surface area contributed by atoms with Gasteiger partial charge in [0.1, 0.15) is 24.4 Å². The lowest BCUT2D eigenvalue weighted by atomic mass is 9.97. The van der Waals surface area contributed by atoms with E-state index in [-0.39, 0.29) is 26.1 Å². The molecule has 1 saturated heterocycles. The van der Waals surface area contributed by atoms with Crippen LogP contribution in [0.25, 0.3) is 0 Å². The number of rotatable bonds is 10. The number of carbonyl (C=O) groups excluding carboxylic acids is 2. The highest BCUT2D eigenvalue weighted by molar-refractivity contribution is 5.90. The van der Waals surface area contributed by atoms with Crippen LogP contribution in [-0.2, 0) is 41.6 Å². The van der Waals surface area contributed by atoms with Gasteiger partial charge in [0.15, 0.2) is 18.0 Å². The minimum absolute atomic E-state index is 0.0720. The third kappa shape index (κ3) is 9.94. The molecule has 0 aromatic heterocycles. The predicted octanol–water partition coefficient (Wildman–Crippen LogP) is 6.93. The molecule has 1 heterocycles. The van der Waals surface area contributed by atoms with Gasteiger partial charge in [0.05, 0.1) is 24.3 Å². The minimum Gasteiger partial charge on any atom is -0.455 e. The van der Waals surface area contributed by atoms with Gasteiger partial charge in [-0.2, -0.15) is 0 Å². The number of ether oxygens (including phenoxy) is 6. The molecule has 1 aliphatic heterocycles. The third-order valence-electron chi connectivity index (χ3n) is 8.35. The molecule has 0 bridgehead atoms. The quantitative estimate of drug-likeness (QED) is 0.131. The lowest BCUT2D eigenvalue weighted by Gasteiger charge is -2.29. The van der Waals surface area contributed by atoms with E-state index >= 15 is 0 Å². The molecule has 260 valence electrons. The van der Waals surface area contributed by atoms with Crippen molar-refractivity contribution < 1.29 is 38.0 Å². The summed E-state index contributed by atoms with van der Waals surface area (Å²) in [5, 5.41) is 0. The fourth-order valence-corrected chi connectivity index (χ4v) is 5.85. The molecular formula is C43H40O8. The van der Waals surface area contributed by atoms with Crippen LogP contribution in [0, 0.1) is 23.7 Å². The summed E-state index contributed by atoms with van der Waals surface area (Å²) in [5.74, 6) is 10.7. The van der Waals surface area contributed by atoms with E-state index in [0.717, 1.165) is 11.1 Å². The van der Waals surface area contributed by atoms with Gasteiger partial charge < -0.3 is 28.4 Å². The molecule has 6 atom stereocenters. The van der Waals surface area contributed by atoms with Crippen LogP contribution in [0.3, 0.4) is 0 Å². The van der Waals surface area contributed by atoms with E-state index in [1.165, 1.54) is 0 Å². The van der Waals surface area contributed by atoms with Crippen molar-refractivity contribution in [3.05, 3.63) is 144 Å². The number of hydrogen-bond acceptors (Lipinski definition) is 8. The van der Waals surface area contributed by atoms with E-state index in [1.54, 1.807) is 62.4 Å². The van der Waals surface area contributed by atoms with Gasteiger partial charge in [-0.3, -0.25) is 0 Å². The lowest BCUT2D eigenvalue weighted by Crippen LogP contribution is -2.46. The molecule has 8 nitrogen and oxygen atoms in total. The first-order chi connectivity index (χ1) is 24.8. The Kier molecular flexibility index (Phi) is 12.0. The van der Waals surface area contributed by atoms with E-state index < -0.39 is 54.3 Å². The third-order valence-corrected chi connectivity index (χ3v) is 8.35. The van der Waals surface area contributed by atoms with E-state index in [1.807, 2.05) is 72.8 Å². The van der Waals surface area contributed by atoms with Crippen molar-refractivity contribution in [1.29, 1.82) is 0 Å². The molecule has 0 N–H and O–H groups in total. The zero-order chi connectivity index (χ0) is 35.5. The Morgan fingerprint density at radius 3 is 1.31 bits per heavy atom. The number of hydrogen-bond donors (Lipinski definition) is 0. The van der Waals surface area contributed by atoms with Crippen LogP contribution >= 0.6 is 0 Å². The van der Waals surface area contributed by atoms with Gasteiger partial charge in [-0.25, -0.2) is 9.59 Å². The zero-order valence-electron chi connectivity index (χ0n) is 28.6. The second-order valence-corrected chi connectivity index (χ2v) is 12.7. The van der Waals surface area contributed by atoms with Gasteiger partial charge in [0, 0.05) is 12.8 Å². The summed E-state index contributed by atoms with van der Waals surface area (Å²) in [6, 6.07) is 37.0. The number of carbonyl (C=O) groups is 2. The normalized spacial score (nSPS) is 23.8. The van der Waals surface area contributed by atoms with Crippen LogP contribution < -0.4 is 0 Å². The summed E-state index contributed by atoms with van der Waals surface area (Å²) in [5.41, 5.74) is 2.68.